The van der Waals surface area contributed by atoms with Crippen LogP contribution in [0.5, 0.6) is 0 Å². The second kappa shape index (κ2) is 8.32. The monoisotopic (exact) mass is 354 g/mol. The van der Waals surface area contributed by atoms with Crippen LogP contribution in [0.1, 0.15) is 44.9 Å². The van der Waals surface area contributed by atoms with Crippen molar-refractivity contribution in [1.29, 1.82) is 0 Å². The number of nitrogens with one attached hydrogen (secondary N) is 1. The highest BCUT2D eigenvalue weighted by Gasteiger charge is 2.15. The lowest BCUT2D eigenvalue weighted by Gasteiger charge is -2.26. The number of nitrogens with zero attached hydrogens (tertiary/aromatic N) is 3. The standard InChI is InChI=1S/C15H23BrN4O/c1-2-6-13-18-12(16)11-14(19-13)17-8-7-15(21)20-9-4-3-5-10-20/h11H,2-10H2,1H3,(H,17,18,19). The zero-order valence-corrected chi connectivity index (χ0v) is 14.2. The van der Waals surface area contributed by atoms with Crippen molar-refractivity contribution >= 4 is 27.7 Å². The van der Waals surface area contributed by atoms with E-state index in [-0.39, 0.29) is 5.91 Å². The Bertz CT molecular complexity index is 475. The SMILES string of the molecule is CCCc1nc(Br)cc(NCCC(=O)N2CCCCC2)n1. The summed E-state index contributed by atoms with van der Waals surface area (Å²) in [5, 5.41) is 3.23. The van der Waals surface area contributed by atoms with E-state index in [1.807, 2.05) is 11.0 Å². The van der Waals surface area contributed by atoms with Crippen LogP contribution in [-0.2, 0) is 11.2 Å². The van der Waals surface area contributed by atoms with Crippen molar-refractivity contribution in [2.24, 2.45) is 0 Å². The zero-order valence-electron chi connectivity index (χ0n) is 12.6. The van der Waals surface area contributed by atoms with E-state index in [2.05, 4.69) is 38.1 Å². The highest BCUT2D eigenvalue weighted by atomic mass is 79.9. The number of aromatic nitrogens is 2. The molecule has 0 unspecified atom stereocenters. The molecule has 0 saturated carbocycles. The van der Waals surface area contributed by atoms with Gasteiger partial charge in [0.2, 0.25) is 5.91 Å². The van der Waals surface area contributed by atoms with Gasteiger partial charge in [-0.2, -0.15) is 0 Å². The van der Waals surface area contributed by atoms with Gasteiger partial charge in [-0.25, -0.2) is 9.97 Å². The fraction of sp³-hybridized carbons (Fsp3) is 0.667. The van der Waals surface area contributed by atoms with Crippen LogP contribution in [-0.4, -0.2) is 40.4 Å². The predicted molar refractivity (Wildman–Crippen MR) is 87.3 cm³/mol. The van der Waals surface area contributed by atoms with Gasteiger partial charge in [0.25, 0.3) is 0 Å². The third-order valence-electron chi connectivity index (χ3n) is 3.57. The maximum Gasteiger partial charge on any atom is 0.224 e. The van der Waals surface area contributed by atoms with E-state index in [4.69, 9.17) is 0 Å². The second-order valence-electron chi connectivity index (χ2n) is 5.36. The number of halogens is 1. The van der Waals surface area contributed by atoms with Gasteiger partial charge in [0.05, 0.1) is 0 Å². The maximum atomic E-state index is 12.1. The summed E-state index contributed by atoms with van der Waals surface area (Å²) >= 11 is 3.40. The van der Waals surface area contributed by atoms with E-state index in [1.54, 1.807) is 0 Å². The van der Waals surface area contributed by atoms with Crippen LogP contribution in [0.3, 0.4) is 0 Å². The Kier molecular flexibility index (Phi) is 6.42. The topological polar surface area (TPSA) is 58.1 Å². The molecule has 0 radical (unpaired) electrons. The number of likely N-dealkylation sites (tertiary alicyclic amines) is 1. The molecule has 1 aliphatic rings. The van der Waals surface area contributed by atoms with Crippen molar-refractivity contribution in [3.8, 4) is 0 Å². The molecule has 21 heavy (non-hydrogen) atoms. The van der Waals surface area contributed by atoms with Gasteiger partial charge in [-0.05, 0) is 41.6 Å². The molecule has 0 aliphatic carbocycles. The fourth-order valence-corrected chi connectivity index (χ4v) is 2.91. The summed E-state index contributed by atoms with van der Waals surface area (Å²) in [5.41, 5.74) is 0. The molecule has 1 aromatic rings. The molecule has 2 heterocycles. The van der Waals surface area contributed by atoms with Gasteiger partial charge in [0, 0.05) is 38.5 Å². The average molecular weight is 355 g/mol. The van der Waals surface area contributed by atoms with Crippen LogP contribution in [0.4, 0.5) is 5.82 Å². The highest BCUT2D eigenvalue weighted by molar-refractivity contribution is 9.10. The van der Waals surface area contributed by atoms with E-state index in [0.29, 0.717) is 13.0 Å². The number of carbonyl (C=O) groups excluding carboxylic acids is 1. The number of aryl methyl sites for hydroxylation is 1. The number of amides is 1. The molecule has 6 heteroatoms. The molecule has 0 atom stereocenters. The van der Waals surface area contributed by atoms with Crippen LogP contribution in [0.25, 0.3) is 0 Å². The van der Waals surface area contributed by atoms with Crippen LogP contribution in [0.2, 0.25) is 0 Å². The number of piperidine rings is 1. The van der Waals surface area contributed by atoms with Crippen molar-refractivity contribution in [2.45, 2.75) is 45.4 Å². The van der Waals surface area contributed by atoms with Crippen molar-refractivity contribution in [3.63, 3.8) is 0 Å². The molecule has 0 spiro atoms. The number of hydrogen-bond donors (Lipinski definition) is 1. The predicted octanol–water partition coefficient (Wildman–Crippen LogP) is 3.01. The maximum absolute atomic E-state index is 12.1. The Labute approximate surface area is 134 Å². The molecule has 1 fully saturated rings. The number of anilines is 1. The van der Waals surface area contributed by atoms with E-state index in [1.165, 1.54) is 6.42 Å². The van der Waals surface area contributed by atoms with Crippen molar-refractivity contribution < 1.29 is 4.79 Å². The molecule has 2 rings (SSSR count). The first-order valence-corrected chi connectivity index (χ1v) is 8.53. The smallest absolute Gasteiger partial charge is 0.224 e. The summed E-state index contributed by atoms with van der Waals surface area (Å²) in [6, 6.07) is 1.85. The van der Waals surface area contributed by atoms with Crippen molar-refractivity contribution in [3.05, 3.63) is 16.5 Å². The summed E-state index contributed by atoms with van der Waals surface area (Å²) in [6.45, 7) is 4.55. The van der Waals surface area contributed by atoms with Crippen LogP contribution in [0, 0.1) is 0 Å². The third kappa shape index (κ3) is 5.26. The summed E-state index contributed by atoms with van der Waals surface area (Å²) in [4.78, 5) is 22.8. The second-order valence-corrected chi connectivity index (χ2v) is 6.17. The molecule has 0 bridgehead atoms. The van der Waals surface area contributed by atoms with Gasteiger partial charge in [0.1, 0.15) is 16.2 Å². The summed E-state index contributed by atoms with van der Waals surface area (Å²) in [6.07, 6.45) is 5.92. The van der Waals surface area contributed by atoms with Crippen LogP contribution in [0.15, 0.2) is 10.7 Å². The Morgan fingerprint density at radius 2 is 2.10 bits per heavy atom. The Morgan fingerprint density at radius 1 is 1.33 bits per heavy atom. The third-order valence-corrected chi connectivity index (χ3v) is 3.97. The molecule has 1 aromatic heterocycles. The van der Waals surface area contributed by atoms with Gasteiger partial charge >= 0.3 is 0 Å². The molecular weight excluding hydrogens is 332 g/mol. The van der Waals surface area contributed by atoms with Gasteiger partial charge < -0.3 is 10.2 Å². The van der Waals surface area contributed by atoms with Gasteiger partial charge in [0.15, 0.2) is 0 Å². The molecule has 1 N–H and O–H groups in total. The summed E-state index contributed by atoms with van der Waals surface area (Å²) in [7, 11) is 0. The van der Waals surface area contributed by atoms with Gasteiger partial charge in [-0.15, -0.1) is 0 Å². The first-order valence-electron chi connectivity index (χ1n) is 7.74. The van der Waals surface area contributed by atoms with Gasteiger partial charge in [-0.1, -0.05) is 6.92 Å². The normalized spacial score (nSPS) is 15.0. The van der Waals surface area contributed by atoms with E-state index in [9.17, 15) is 4.79 Å². The minimum Gasteiger partial charge on any atom is -0.369 e. The quantitative estimate of drug-likeness (QED) is 0.797. The van der Waals surface area contributed by atoms with E-state index >= 15 is 0 Å². The molecule has 5 nitrogen and oxygen atoms in total. The Morgan fingerprint density at radius 3 is 2.81 bits per heavy atom. The lowest BCUT2D eigenvalue weighted by Crippen LogP contribution is -2.36. The lowest BCUT2D eigenvalue weighted by molar-refractivity contribution is -0.131. The first kappa shape index (κ1) is 16.2. The number of hydrogen-bond acceptors (Lipinski definition) is 4. The highest BCUT2D eigenvalue weighted by Crippen LogP contribution is 2.14. The molecule has 1 amide bonds. The Hall–Kier alpha value is -1.17. The molecule has 116 valence electrons. The molecule has 0 aromatic carbocycles. The van der Waals surface area contributed by atoms with E-state index in [0.717, 1.165) is 55.0 Å². The minimum atomic E-state index is 0.240. The van der Waals surface area contributed by atoms with Crippen LogP contribution >= 0.6 is 15.9 Å². The van der Waals surface area contributed by atoms with Crippen molar-refractivity contribution in [2.75, 3.05) is 25.0 Å². The molecule has 1 aliphatic heterocycles. The van der Waals surface area contributed by atoms with Crippen LogP contribution < -0.4 is 5.32 Å². The summed E-state index contributed by atoms with van der Waals surface area (Å²) in [5.74, 6) is 1.85. The lowest BCUT2D eigenvalue weighted by atomic mass is 10.1. The number of rotatable bonds is 6. The van der Waals surface area contributed by atoms with E-state index < -0.39 is 0 Å². The fourth-order valence-electron chi connectivity index (χ4n) is 2.49. The first-order chi connectivity index (χ1) is 10.2. The number of carbonyl (C=O) groups is 1. The van der Waals surface area contributed by atoms with Gasteiger partial charge in [-0.3, -0.25) is 4.79 Å². The minimum absolute atomic E-state index is 0.240. The molecule has 1 saturated heterocycles. The Balaban J connectivity index is 1.81. The zero-order chi connectivity index (χ0) is 15.1. The largest absolute Gasteiger partial charge is 0.369 e. The average Bonchev–Trinajstić information content (AvgIpc) is 2.48. The van der Waals surface area contributed by atoms with Crippen molar-refractivity contribution in [1.82, 2.24) is 14.9 Å². The summed E-state index contributed by atoms with van der Waals surface area (Å²) < 4.78 is 0.783. The molecular formula is C15H23BrN4O.